The summed E-state index contributed by atoms with van der Waals surface area (Å²) in [4.78, 5) is 0. The molecule has 0 N–H and O–H groups in total. The maximum atomic E-state index is 4.79. The second kappa shape index (κ2) is 4.77. The number of ether oxygens (including phenoxy) is 2. The summed E-state index contributed by atoms with van der Waals surface area (Å²) >= 11 is 3.21. The van der Waals surface area contributed by atoms with Crippen molar-refractivity contribution >= 4 is 23.4 Å². The van der Waals surface area contributed by atoms with E-state index in [0.29, 0.717) is 8.14 Å². The Labute approximate surface area is 53.6 Å². The van der Waals surface area contributed by atoms with Gasteiger partial charge in [-0.3, -0.25) is 0 Å². The van der Waals surface area contributed by atoms with Crippen molar-refractivity contribution in [2.24, 2.45) is 0 Å². The van der Waals surface area contributed by atoms with Gasteiger partial charge in [0.1, 0.15) is 5.91 Å². The van der Waals surface area contributed by atoms with Crippen LogP contribution in [0.4, 0.5) is 0 Å². The van der Waals surface area contributed by atoms with Crippen LogP contribution >= 0.6 is 15.3 Å². The molecule has 0 aliphatic rings. The van der Waals surface area contributed by atoms with Gasteiger partial charge in [-0.25, -0.2) is 0 Å². The third-order valence-corrected chi connectivity index (χ3v) is 2.29. The van der Waals surface area contributed by atoms with E-state index >= 15 is 0 Å². The van der Waals surface area contributed by atoms with Crippen molar-refractivity contribution in [3.63, 3.8) is 0 Å². The molecule has 0 heterocycles. The van der Waals surface area contributed by atoms with Crippen LogP contribution in [-0.4, -0.2) is 28.3 Å². The molecule has 0 aliphatic carbocycles. The molecule has 0 aromatic heterocycles. The highest BCUT2D eigenvalue weighted by Gasteiger charge is 2.00. The molecule has 2 radical (unpaired) electrons. The zero-order valence-corrected chi connectivity index (χ0v) is 6.86. The lowest BCUT2D eigenvalue weighted by molar-refractivity contribution is -0.0418. The number of methoxy groups -OCH3 is 2. The van der Waals surface area contributed by atoms with Crippen LogP contribution in [0.2, 0.25) is 0 Å². The quantitative estimate of drug-likeness (QED) is 0.362. The van der Waals surface area contributed by atoms with E-state index in [2.05, 4.69) is 15.3 Å². The highest BCUT2D eigenvalue weighted by atomic mass is 79.9. The summed E-state index contributed by atoms with van der Waals surface area (Å²) in [5.41, 5.74) is 0. The van der Waals surface area contributed by atoms with Crippen LogP contribution in [0.25, 0.3) is 0 Å². The van der Waals surface area contributed by atoms with Crippen molar-refractivity contribution in [3.8, 4) is 0 Å². The van der Waals surface area contributed by atoms with Gasteiger partial charge in [0, 0.05) is 14.2 Å². The Morgan fingerprint density at radius 1 is 1.43 bits per heavy atom. The van der Waals surface area contributed by atoms with Crippen molar-refractivity contribution in [1.29, 1.82) is 0 Å². The zero-order valence-electron chi connectivity index (χ0n) is 4.27. The summed E-state index contributed by atoms with van der Waals surface area (Å²) in [5.74, 6) is -0.0694. The first-order valence-electron chi connectivity index (χ1n) is 1.77. The van der Waals surface area contributed by atoms with Gasteiger partial charge in [0.05, 0.1) is 0 Å². The van der Waals surface area contributed by atoms with Crippen molar-refractivity contribution in [2.45, 2.75) is 5.91 Å². The minimum atomic E-state index is -0.0694. The van der Waals surface area contributed by atoms with Gasteiger partial charge in [-0.05, 0) is 0 Å². The van der Waals surface area contributed by atoms with Gasteiger partial charge in [0.15, 0.2) is 0 Å². The first-order valence-corrected chi connectivity index (χ1v) is 5.10. The van der Waals surface area contributed by atoms with Crippen molar-refractivity contribution in [2.75, 3.05) is 14.2 Å². The highest BCUT2D eigenvalue weighted by molar-refractivity contribution is 9.23. The largest absolute Gasteiger partial charge is 0.359 e. The molecule has 0 atom stereocenters. The van der Waals surface area contributed by atoms with Crippen LogP contribution in [-0.2, 0) is 9.47 Å². The molecule has 0 amide bonds. The third kappa shape index (κ3) is 3.22. The molecule has 0 fully saturated rings. The Morgan fingerprint density at radius 3 is 1.86 bits per heavy atom. The predicted octanol–water partition coefficient (Wildman–Crippen LogP) is 0.577. The van der Waals surface area contributed by atoms with Crippen LogP contribution < -0.4 is 0 Å². The zero-order chi connectivity index (χ0) is 5.70. The van der Waals surface area contributed by atoms with Crippen molar-refractivity contribution in [1.82, 2.24) is 0 Å². The smallest absolute Gasteiger partial charge is 0.210 e. The Bertz CT molecular complexity index is 34.4. The molecule has 7 heavy (non-hydrogen) atoms. The van der Waals surface area contributed by atoms with E-state index in [-0.39, 0.29) is 5.91 Å². The van der Waals surface area contributed by atoms with Crippen molar-refractivity contribution in [3.05, 3.63) is 0 Å². The number of rotatable bonds is 3. The van der Waals surface area contributed by atoms with Gasteiger partial charge >= 0.3 is 0 Å². The average molecular weight is 183 g/mol. The normalized spacial score (nSPS) is 10.3. The van der Waals surface area contributed by atoms with E-state index in [4.69, 9.17) is 9.47 Å². The summed E-state index contributed by atoms with van der Waals surface area (Å²) in [6.07, 6.45) is 0. The summed E-state index contributed by atoms with van der Waals surface area (Å²) in [6, 6.07) is 0. The van der Waals surface area contributed by atoms with Gasteiger partial charge in [0.2, 0.25) is 8.14 Å². The fraction of sp³-hybridized carbons (Fsp3) is 1.00. The molecule has 4 heteroatoms. The van der Waals surface area contributed by atoms with Crippen LogP contribution in [0, 0.1) is 0 Å². The lowest BCUT2D eigenvalue weighted by Crippen LogP contribution is -2.16. The summed E-state index contributed by atoms with van der Waals surface area (Å²) < 4.78 is 9.58. The average Bonchev–Trinajstić information content (AvgIpc) is 1.72. The molecule has 0 aromatic rings. The Kier molecular flexibility index (Phi) is 5.19. The van der Waals surface area contributed by atoms with E-state index in [9.17, 15) is 0 Å². The van der Waals surface area contributed by atoms with Crippen LogP contribution in [0.15, 0.2) is 0 Å². The van der Waals surface area contributed by atoms with E-state index in [1.54, 1.807) is 14.2 Å². The lowest BCUT2D eigenvalue weighted by atomic mass is 11.3. The van der Waals surface area contributed by atoms with E-state index in [0.717, 1.165) is 0 Å². The molecule has 0 spiro atoms. The number of halogens is 1. The van der Waals surface area contributed by atoms with E-state index in [1.165, 1.54) is 0 Å². The Hall–Kier alpha value is 0.617. The minimum Gasteiger partial charge on any atom is -0.359 e. The van der Waals surface area contributed by atoms with Gasteiger partial charge in [-0.15, -0.1) is 15.3 Å². The monoisotopic (exact) mass is 182 g/mol. The summed E-state index contributed by atoms with van der Waals surface area (Å²) in [6.45, 7) is 0. The van der Waals surface area contributed by atoms with Gasteiger partial charge in [0.25, 0.3) is 0 Å². The fourth-order valence-electron chi connectivity index (χ4n) is 0.185. The standard InChI is InChI=1S/C3H7BrO2Si/c1-5-3(6-2)7-4/h3H,1-2H3. The van der Waals surface area contributed by atoms with Crippen molar-refractivity contribution < 1.29 is 9.47 Å². The fourth-order valence-corrected chi connectivity index (χ4v) is 1.48. The van der Waals surface area contributed by atoms with E-state index < -0.39 is 0 Å². The van der Waals surface area contributed by atoms with Crippen LogP contribution in [0.1, 0.15) is 0 Å². The maximum Gasteiger partial charge on any atom is 0.210 e. The lowest BCUT2D eigenvalue weighted by Gasteiger charge is -2.06. The van der Waals surface area contributed by atoms with Gasteiger partial charge < -0.3 is 9.47 Å². The molecule has 0 saturated carbocycles. The molecule has 0 aliphatic heterocycles. The van der Waals surface area contributed by atoms with E-state index in [1.807, 2.05) is 0 Å². The Balaban J connectivity index is 2.99. The van der Waals surface area contributed by atoms with Crippen LogP contribution in [0.3, 0.4) is 0 Å². The second-order valence-electron chi connectivity index (χ2n) is 0.912. The second-order valence-corrected chi connectivity index (χ2v) is 2.98. The Morgan fingerprint density at radius 2 is 1.86 bits per heavy atom. The molecule has 0 unspecified atom stereocenters. The summed E-state index contributed by atoms with van der Waals surface area (Å²) in [7, 11) is 3.74. The topological polar surface area (TPSA) is 18.5 Å². The SMILES string of the molecule is COC(OC)[Si]Br. The molecule has 0 bridgehead atoms. The van der Waals surface area contributed by atoms with Gasteiger partial charge in [-0.1, -0.05) is 0 Å². The molecule has 0 saturated heterocycles. The first-order chi connectivity index (χ1) is 3.35. The molecular formula is C3H7BrO2Si. The predicted molar refractivity (Wildman–Crippen MR) is 32.5 cm³/mol. The number of hydrogen-bond donors (Lipinski definition) is 0. The van der Waals surface area contributed by atoms with Gasteiger partial charge in [-0.2, -0.15) is 0 Å². The highest BCUT2D eigenvalue weighted by Crippen LogP contribution is 1.90. The summed E-state index contributed by atoms with van der Waals surface area (Å²) in [5, 5.41) is 0. The minimum absolute atomic E-state index is 0.0694. The first kappa shape index (κ1) is 7.62. The molecule has 0 rings (SSSR count). The van der Waals surface area contributed by atoms with Crippen LogP contribution in [0.5, 0.6) is 0 Å². The number of hydrogen-bond acceptors (Lipinski definition) is 2. The maximum absolute atomic E-state index is 4.79. The molecule has 42 valence electrons. The molecule has 2 nitrogen and oxygen atoms in total. The third-order valence-electron chi connectivity index (χ3n) is 0.517. The molecular weight excluding hydrogens is 176 g/mol. The molecule has 0 aromatic carbocycles.